The molecule has 0 amide bonds. The first-order valence-electron chi connectivity index (χ1n) is 7.50. The summed E-state index contributed by atoms with van der Waals surface area (Å²) in [6.07, 6.45) is 0. The van der Waals surface area contributed by atoms with Crippen molar-refractivity contribution in [1.82, 2.24) is 4.98 Å². The van der Waals surface area contributed by atoms with E-state index in [0.29, 0.717) is 24.8 Å². The Hall–Kier alpha value is -2.56. The quantitative estimate of drug-likeness (QED) is 0.947. The maximum Gasteiger partial charge on any atom is 0.251 e. The molecule has 0 fully saturated rings. The minimum atomic E-state index is -0.454. The molecule has 0 aliphatic carbocycles. The highest BCUT2D eigenvalue weighted by Crippen LogP contribution is 2.27. The molecule has 1 aromatic carbocycles. The first kappa shape index (κ1) is 16.8. The second-order valence-electron chi connectivity index (χ2n) is 5.61. The summed E-state index contributed by atoms with van der Waals surface area (Å²) >= 11 is 0. The summed E-state index contributed by atoms with van der Waals surface area (Å²) in [6.45, 7) is 5.20. The van der Waals surface area contributed by atoms with Gasteiger partial charge in [-0.25, -0.2) is 0 Å². The molecule has 0 unspecified atom stereocenters. The van der Waals surface area contributed by atoms with Crippen molar-refractivity contribution in [3.8, 4) is 5.75 Å². The number of nitrogens with zero attached hydrogens (tertiary/aromatic N) is 1. The number of rotatable bonds is 3. The van der Waals surface area contributed by atoms with Gasteiger partial charge < -0.3 is 14.5 Å². The zero-order valence-electron chi connectivity index (χ0n) is 13.7. The van der Waals surface area contributed by atoms with E-state index in [2.05, 4.69) is 9.98 Å². The van der Waals surface area contributed by atoms with Crippen LogP contribution in [0.4, 0.5) is 0 Å². The van der Waals surface area contributed by atoms with Gasteiger partial charge in [-0.05, 0) is 13.8 Å². The molecule has 0 spiro atoms. The lowest BCUT2D eigenvalue weighted by Gasteiger charge is -2.24. The Kier molecular flexibility index (Phi) is 5.57. The van der Waals surface area contributed by atoms with Crippen molar-refractivity contribution < 1.29 is 9.47 Å². The Morgan fingerprint density at radius 3 is 2.22 bits per heavy atom. The van der Waals surface area contributed by atoms with E-state index in [1.807, 2.05) is 50.2 Å². The standard InChI is InChI=1S/C12H16N2O3.C6H6/c1-12(2,11-13-4-5-17-11)9-6-8(16-3)7-10(15)14-9;1-2-4-6-5-3-1/h6-7H,4-5H2,1-3H3,(H,14,15);1-6H. The molecule has 3 rings (SSSR count). The molecular weight excluding hydrogens is 292 g/mol. The third-order valence-electron chi connectivity index (χ3n) is 3.51. The van der Waals surface area contributed by atoms with Gasteiger partial charge in [0.15, 0.2) is 5.90 Å². The fourth-order valence-corrected chi connectivity index (χ4v) is 2.19. The highest BCUT2D eigenvalue weighted by molar-refractivity contribution is 5.87. The number of aromatic nitrogens is 1. The van der Waals surface area contributed by atoms with E-state index in [1.54, 1.807) is 6.07 Å². The Labute approximate surface area is 136 Å². The lowest BCUT2D eigenvalue weighted by atomic mass is 9.88. The number of H-pyrrole nitrogens is 1. The lowest BCUT2D eigenvalue weighted by Crippen LogP contribution is -2.32. The fraction of sp³-hybridized carbons (Fsp3) is 0.333. The second-order valence-corrected chi connectivity index (χ2v) is 5.61. The predicted octanol–water partition coefficient (Wildman–Crippen LogP) is 2.78. The van der Waals surface area contributed by atoms with Crippen LogP contribution in [-0.4, -0.2) is 31.1 Å². The highest BCUT2D eigenvalue weighted by Gasteiger charge is 2.32. The van der Waals surface area contributed by atoms with Crippen LogP contribution in [0.15, 0.2) is 58.3 Å². The predicted molar refractivity (Wildman–Crippen MR) is 91.3 cm³/mol. The molecule has 23 heavy (non-hydrogen) atoms. The van der Waals surface area contributed by atoms with Crippen LogP contribution in [0.2, 0.25) is 0 Å². The van der Waals surface area contributed by atoms with Crippen LogP contribution >= 0.6 is 0 Å². The molecule has 1 aliphatic heterocycles. The van der Waals surface area contributed by atoms with Crippen LogP contribution in [0.1, 0.15) is 19.5 Å². The Morgan fingerprint density at radius 1 is 1.13 bits per heavy atom. The first-order chi connectivity index (χ1) is 11.0. The maximum absolute atomic E-state index is 11.5. The van der Waals surface area contributed by atoms with Gasteiger partial charge >= 0.3 is 0 Å². The van der Waals surface area contributed by atoms with Gasteiger partial charge in [0.25, 0.3) is 5.56 Å². The van der Waals surface area contributed by atoms with E-state index in [9.17, 15) is 4.79 Å². The van der Waals surface area contributed by atoms with Gasteiger partial charge in [-0.15, -0.1) is 0 Å². The molecule has 2 aromatic rings. The number of hydrogen-bond donors (Lipinski definition) is 1. The van der Waals surface area contributed by atoms with Gasteiger partial charge in [0, 0.05) is 17.8 Å². The zero-order valence-corrected chi connectivity index (χ0v) is 13.7. The maximum atomic E-state index is 11.5. The molecule has 2 heterocycles. The number of nitrogens with one attached hydrogen (secondary N) is 1. The lowest BCUT2D eigenvalue weighted by molar-refractivity contribution is 0.317. The summed E-state index contributed by atoms with van der Waals surface area (Å²) in [6, 6.07) is 15.2. The first-order valence-corrected chi connectivity index (χ1v) is 7.50. The van der Waals surface area contributed by atoms with Crippen molar-refractivity contribution in [3.63, 3.8) is 0 Å². The topological polar surface area (TPSA) is 63.7 Å². The third-order valence-corrected chi connectivity index (χ3v) is 3.51. The van der Waals surface area contributed by atoms with E-state index in [-0.39, 0.29) is 5.56 Å². The zero-order chi connectivity index (χ0) is 16.7. The van der Waals surface area contributed by atoms with E-state index < -0.39 is 5.41 Å². The molecule has 5 heteroatoms. The summed E-state index contributed by atoms with van der Waals surface area (Å²) in [5, 5.41) is 0. The summed E-state index contributed by atoms with van der Waals surface area (Å²) in [4.78, 5) is 18.6. The van der Waals surface area contributed by atoms with Crippen LogP contribution in [0.5, 0.6) is 5.75 Å². The number of benzene rings is 1. The normalized spacial score (nSPS) is 13.4. The monoisotopic (exact) mass is 314 g/mol. The van der Waals surface area contributed by atoms with Crippen molar-refractivity contribution in [1.29, 1.82) is 0 Å². The van der Waals surface area contributed by atoms with Crippen molar-refractivity contribution >= 4 is 5.90 Å². The average molecular weight is 314 g/mol. The SMILES string of the molecule is COc1cc(C(C)(C)C2=NCCO2)[nH]c(=O)c1.c1ccccc1. The van der Waals surface area contributed by atoms with Crippen molar-refractivity contribution in [3.05, 3.63) is 64.6 Å². The molecular formula is C18H22N2O3. The van der Waals surface area contributed by atoms with Crippen LogP contribution < -0.4 is 10.3 Å². The molecule has 0 saturated carbocycles. The average Bonchev–Trinajstić information content (AvgIpc) is 3.12. The van der Waals surface area contributed by atoms with Gasteiger partial charge in [0.1, 0.15) is 12.4 Å². The molecule has 5 nitrogen and oxygen atoms in total. The van der Waals surface area contributed by atoms with Crippen molar-refractivity contribution in [2.45, 2.75) is 19.3 Å². The Bertz CT molecular complexity index is 679. The molecule has 1 aliphatic rings. The van der Waals surface area contributed by atoms with Crippen molar-refractivity contribution in [2.24, 2.45) is 4.99 Å². The molecule has 1 N–H and O–H groups in total. The van der Waals surface area contributed by atoms with E-state index in [1.165, 1.54) is 13.2 Å². The van der Waals surface area contributed by atoms with Crippen LogP contribution in [-0.2, 0) is 10.2 Å². The van der Waals surface area contributed by atoms with E-state index in [4.69, 9.17) is 9.47 Å². The summed E-state index contributed by atoms with van der Waals surface area (Å²) in [5.74, 6) is 1.19. The summed E-state index contributed by atoms with van der Waals surface area (Å²) in [7, 11) is 1.54. The smallest absolute Gasteiger partial charge is 0.251 e. The second kappa shape index (κ2) is 7.63. The molecule has 0 radical (unpaired) electrons. The number of aliphatic imine (C=N–C) groups is 1. The molecule has 0 saturated heterocycles. The number of methoxy groups -OCH3 is 1. The number of pyridine rings is 1. The molecule has 0 bridgehead atoms. The van der Waals surface area contributed by atoms with Crippen LogP contribution in [0, 0.1) is 0 Å². The number of aromatic amines is 1. The van der Waals surface area contributed by atoms with Gasteiger partial charge in [-0.1, -0.05) is 36.4 Å². The largest absolute Gasteiger partial charge is 0.496 e. The molecule has 0 atom stereocenters. The van der Waals surface area contributed by atoms with Gasteiger partial charge in [-0.2, -0.15) is 0 Å². The minimum Gasteiger partial charge on any atom is -0.496 e. The summed E-state index contributed by atoms with van der Waals surface area (Å²) < 4.78 is 10.6. The van der Waals surface area contributed by atoms with Crippen LogP contribution in [0.25, 0.3) is 0 Å². The summed E-state index contributed by atoms with van der Waals surface area (Å²) in [5.41, 5.74) is 0.0954. The third kappa shape index (κ3) is 4.45. The van der Waals surface area contributed by atoms with Gasteiger partial charge in [0.2, 0.25) is 0 Å². The highest BCUT2D eigenvalue weighted by atomic mass is 16.5. The van der Waals surface area contributed by atoms with Crippen LogP contribution in [0.3, 0.4) is 0 Å². The Morgan fingerprint density at radius 2 is 1.74 bits per heavy atom. The number of ether oxygens (including phenoxy) is 2. The fourth-order valence-electron chi connectivity index (χ4n) is 2.19. The number of hydrogen-bond acceptors (Lipinski definition) is 4. The minimum absolute atomic E-state index is 0.189. The molecule has 122 valence electrons. The van der Waals surface area contributed by atoms with Crippen molar-refractivity contribution in [2.75, 3.05) is 20.3 Å². The van der Waals surface area contributed by atoms with E-state index >= 15 is 0 Å². The van der Waals surface area contributed by atoms with Gasteiger partial charge in [-0.3, -0.25) is 9.79 Å². The van der Waals surface area contributed by atoms with E-state index in [0.717, 1.165) is 5.69 Å². The molecule has 1 aromatic heterocycles. The Balaban J connectivity index is 0.000000268. The van der Waals surface area contributed by atoms with Gasteiger partial charge in [0.05, 0.1) is 19.1 Å².